The van der Waals surface area contributed by atoms with E-state index in [1.54, 1.807) is 18.4 Å². The van der Waals surface area contributed by atoms with Crippen molar-refractivity contribution in [2.45, 2.75) is 32.7 Å². The minimum absolute atomic E-state index is 0.0184. The minimum atomic E-state index is -0.0184. The molecule has 5 nitrogen and oxygen atoms in total. The van der Waals surface area contributed by atoms with E-state index in [0.29, 0.717) is 11.8 Å². The third-order valence-electron chi connectivity index (χ3n) is 3.95. The van der Waals surface area contributed by atoms with Gasteiger partial charge in [-0.15, -0.1) is 0 Å². The van der Waals surface area contributed by atoms with E-state index < -0.39 is 0 Å². The molecular weight excluding hydrogens is 254 g/mol. The van der Waals surface area contributed by atoms with E-state index in [0.717, 1.165) is 37.4 Å². The highest BCUT2D eigenvalue weighted by Gasteiger charge is 2.27. The average Bonchev–Trinajstić information content (AvgIpc) is 3.09. The summed E-state index contributed by atoms with van der Waals surface area (Å²) < 4.78 is 7.45. The molecule has 3 rings (SSSR count). The van der Waals surface area contributed by atoms with Crippen LogP contribution < -0.4 is 0 Å². The van der Waals surface area contributed by atoms with Crippen LogP contribution >= 0.6 is 0 Å². The topological polar surface area (TPSA) is 51.3 Å². The molecule has 0 bridgehead atoms. The van der Waals surface area contributed by atoms with Gasteiger partial charge in [-0.1, -0.05) is 0 Å². The summed E-state index contributed by atoms with van der Waals surface area (Å²) in [5.74, 6) is 1.42. The molecule has 0 N–H and O–H groups in total. The van der Waals surface area contributed by atoms with E-state index in [-0.39, 0.29) is 5.91 Å². The molecule has 106 valence electrons. The van der Waals surface area contributed by atoms with Crippen LogP contribution in [0.5, 0.6) is 0 Å². The summed E-state index contributed by atoms with van der Waals surface area (Å²) in [6.45, 7) is 5.59. The van der Waals surface area contributed by atoms with Gasteiger partial charge in [0.15, 0.2) is 5.76 Å². The number of nitrogens with zero attached hydrogens (tertiary/aromatic N) is 3. The van der Waals surface area contributed by atoms with Crippen LogP contribution in [-0.2, 0) is 0 Å². The largest absolute Gasteiger partial charge is 0.459 e. The Kier molecular flexibility index (Phi) is 3.34. The maximum Gasteiger partial charge on any atom is 0.289 e. The molecule has 2 aromatic heterocycles. The molecular formula is C15H19N3O2. The van der Waals surface area contributed by atoms with Gasteiger partial charge in [0.05, 0.1) is 12.3 Å². The van der Waals surface area contributed by atoms with E-state index in [1.807, 2.05) is 18.0 Å². The highest BCUT2D eigenvalue weighted by Crippen LogP contribution is 2.25. The lowest BCUT2D eigenvalue weighted by Gasteiger charge is -2.34. The molecule has 1 unspecified atom stereocenters. The monoisotopic (exact) mass is 273 g/mol. The van der Waals surface area contributed by atoms with Gasteiger partial charge >= 0.3 is 0 Å². The lowest BCUT2D eigenvalue weighted by Crippen LogP contribution is -2.41. The van der Waals surface area contributed by atoms with E-state index in [4.69, 9.17) is 4.42 Å². The van der Waals surface area contributed by atoms with Crippen molar-refractivity contribution in [1.29, 1.82) is 0 Å². The van der Waals surface area contributed by atoms with E-state index in [2.05, 4.69) is 16.5 Å². The summed E-state index contributed by atoms with van der Waals surface area (Å²) in [5, 5.41) is 0. The Morgan fingerprint density at radius 1 is 1.45 bits per heavy atom. The zero-order valence-electron chi connectivity index (χ0n) is 11.9. The van der Waals surface area contributed by atoms with Gasteiger partial charge in [-0.05, 0) is 38.8 Å². The van der Waals surface area contributed by atoms with E-state index in [9.17, 15) is 4.79 Å². The van der Waals surface area contributed by atoms with Gasteiger partial charge in [-0.3, -0.25) is 4.79 Å². The Balaban J connectivity index is 1.79. The van der Waals surface area contributed by atoms with E-state index >= 15 is 0 Å². The predicted octanol–water partition coefficient (Wildman–Crippen LogP) is 2.57. The van der Waals surface area contributed by atoms with Crippen LogP contribution in [0.25, 0.3) is 0 Å². The first-order chi connectivity index (χ1) is 9.66. The lowest BCUT2D eigenvalue weighted by atomic mass is 10.0. The first-order valence-corrected chi connectivity index (χ1v) is 7.00. The van der Waals surface area contributed by atoms with Crippen LogP contribution in [0.4, 0.5) is 0 Å². The number of hydrogen-bond acceptors (Lipinski definition) is 3. The van der Waals surface area contributed by atoms with Crippen LogP contribution in [0.3, 0.4) is 0 Å². The first kappa shape index (κ1) is 13.0. The Morgan fingerprint density at radius 3 is 2.95 bits per heavy atom. The fourth-order valence-electron chi connectivity index (χ4n) is 3.02. The number of rotatable bonds is 2. The SMILES string of the molecule is Cc1cnc(C)n1C1CCCN(C(=O)c2ccco2)C1. The lowest BCUT2D eigenvalue weighted by molar-refractivity contribution is 0.0645. The van der Waals surface area contributed by atoms with Crippen molar-refractivity contribution >= 4 is 5.91 Å². The summed E-state index contributed by atoms with van der Waals surface area (Å²) in [6, 6.07) is 3.78. The Hall–Kier alpha value is -2.04. The molecule has 1 atom stereocenters. The Bertz CT molecular complexity index is 581. The number of aromatic nitrogens is 2. The Morgan fingerprint density at radius 2 is 2.30 bits per heavy atom. The van der Waals surface area contributed by atoms with Gasteiger partial charge in [0.2, 0.25) is 0 Å². The van der Waals surface area contributed by atoms with E-state index in [1.165, 1.54) is 0 Å². The first-order valence-electron chi connectivity index (χ1n) is 7.00. The minimum Gasteiger partial charge on any atom is -0.459 e. The second-order valence-corrected chi connectivity index (χ2v) is 5.34. The number of likely N-dealkylation sites (tertiary alicyclic amines) is 1. The molecule has 2 aromatic rings. The number of carbonyl (C=O) groups is 1. The number of carbonyl (C=O) groups excluding carboxylic acids is 1. The van der Waals surface area contributed by atoms with Crippen molar-refractivity contribution in [3.63, 3.8) is 0 Å². The molecule has 20 heavy (non-hydrogen) atoms. The highest BCUT2D eigenvalue weighted by molar-refractivity contribution is 5.91. The predicted molar refractivity (Wildman–Crippen MR) is 74.6 cm³/mol. The van der Waals surface area contributed by atoms with Crippen LogP contribution in [0, 0.1) is 13.8 Å². The van der Waals surface area contributed by atoms with Gasteiger partial charge in [0.1, 0.15) is 5.82 Å². The van der Waals surface area contributed by atoms with Crippen LogP contribution in [-0.4, -0.2) is 33.4 Å². The fourth-order valence-corrected chi connectivity index (χ4v) is 3.02. The fraction of sp³-hybridized carbons (Fsp3) is 0.467. The summed E-state index contributed by atoms with van der Waals surface area (Å²) in [4.78, 5) is 18.6. The number of hydrogen-bond donors (Lipinski definition) is 0. The standard InChI is InChI=1S/C15H19N3O2/c1-11-9-16-12(2)18(11)13-5-3-7-17(10-13)15(19)14-6-4-8-20-14/h4,6,8-9,13H,3,5,7,10H2,1-2H3. The molecule has 0 saturated carbocycles. The molecule has 0 aromatic carbocycles. The van der Waals surface area contributed by atoms with Crippen molar-refractivity contribution in [2.24, 2.45) is 0 Å². The summed E-state index contributed by atoms with van der Waals surface area (Å²) in [5.41, 5.74) is 1.15. The number of amides is 1. The van der Waals surface area contributed by atoms with Gasteiger partial charge in [0, 0.05) is 25.0 Å². The maximum atomic E-state index is 12.4. The smallest absolute Gasteiger partial charge is 0.289 e. The highest BCUT2D eigenvalue weighted by atomic mass is 16.3. The van der Waals surface area contributed by atoms with Crippen molar-refractivity contribution in [1.82, 2.24) is 14.5 Å². The number of aryl methyl sites for hydroxylation is 2. The number of imidazole rings is 1. The second kappa shape index (κ2) is 5.15. The summed E-state index contributed by atoms with van der Waals surface area (Å²) in [6.07, 6.45) is 5.52. The molecule has 3 heterocycles. The normalized spacial score (nSPS) is 19.3. The Labute approximate surface area is 118 Å². The third-order valence-corrected chi connectivity index (χ3v) is 3.95. The molecule has 1 amide bonds. The molecule has 1 aliphatic heterocycles. The molecule has 0 aliphatic carbocycles. The molecule has 1 aliphatic rings. The van der Waals surface area contributed by atoms with Gasteiger partial charge in [-0.25, -0.2) is 4.98 Å². The summed E-state index contributed by atoms with van der Waals surface area (Å²) in [7, 11) is 0. The zero-order chi connectivity index (χ0) is 14.1. The maximum absolute atomic E-state index is 12.4. The third kappa shape index (κ3) is 2.24. The molecule has 1 fully saturated rings. The van der Waals surface area contributed by atoms with Gasteiger partial charge in [0.25, 0.3) is 5.91 Å². The summed E-state index contributed by atoms with van der Waals surface area (Å²) >= 11 is 0. The van der Waals surface area contributed by atoms with Crippen LogP contribution in [0.2, 0.25) is 0 Å². The number of furan rings is 1. The quantitative estimate of drug-likeness (QED) is 0.845. The number of piperidine rings is 1. The van der Waals surface area contributed by atoms with Gasteiger partial charge < -0.3 is 13.9 Å². The van der Waals surface area contributed by atoms with Crippen molar-refractivity contribution in [3.8, 4) is 0 Å². The average molecular weight is 273 g/mol. The molecule has 0 spiro atoms. The van der Waals surface area contributed by atoms with Crippen LogP contribution in [0.15, 0.2) is 29.0 Å². The molecule has 5 heteroatoms. The zero-order valence-corrected chi connectivity index (χ0v) is 11.9. The van der Waals surface area contributed by atoms with Crippen molar-refractivity contribution in [2.75, 3.05) is 13.1 Å². The molecule has 0 radical (unpaired) electrons. The van der Waals surface area contributed by atoms with Crippen LogP contribution in [0.1, 0.15) is 41.0 Å². The van der Waals surface area contributed by atoms with Gasteiger partial charge in [-0.2, -0.15) is 0 Å². The van der Waals surface area contributed by atoms with Crippen molar-refractivity contribution in [3.05, 3.63) is 41.9 Å². The second-order valence-electron chi connectivity index (χ2n) is 5.34. The molecule has 1 saturated heterocycles. The van der Waals surface area contributed by atoms with Crippen molar-refractivity contribution < 1.29 is 9.21 Å².